The minimum Gasteiger partial charge on any atom is -0.493 e. The number of hydrogen-bond donors (Lipinski definition) is 1. The molecule has 0 bridgehead atoms. The van der Waals surface area contributed by atoms with Crippen LogP contribution in [-0.4, -0.2) is 43.9 Å². The number of rotatable bonds is 4. The second kappa shape index (κ2) is 7.73. The van der Waals surface area contributed by atoms with Crippen LogP contribution in [0.1, 0.15) is 30.0 Å². The average molecular weight is 351 g/mol. The van der Waals surface area contributed by atoms with Crippen LogP contribution in [0.5, 0.6) is 5.75 Å². The molecule has 2 aliphatic heterocycles. The maximum Gasteiger partial charge on any atom is 0.389 e. The van der Waals surface area contributed by atoms with Gasteiger partial charge in [-0.15, -0.1) is 12.4 Å². The zero-order valence-electron chi connectivity index (χ0n) is 12.9. The number of nitrogens with one attached hydrogen (secondary N) is 1. The van der Waals surface area contributed by atoms with E-state index >= 15 is 0 Å². The van der Waals surface area contributed by atoms with Crippen LogP contribution in [-0.2, 0) is 6.42 Å². The summed E-state index contributed by atoms with van der Waals surface area (Å²) in [5, 5.41) is 3.25. The summed E-state index contributed by atoms with van der Waals surface area (Å²) in [4.78, 5) is 2.17. The minimum atomic E-state index is -4.11. The molecule has 23 heavy (non-hydrogen) atoms. The van der Waals surface area contributed by atoms with Crippen LogP contribution >= 0.6 is 12.4 Å². The molecule has 130 valence electrons. The lowest BCUT2D eigenvalue weighted by atomic mass is 9.97. The van der Waals surface area contributed by atoms with Gasteiger partial charge in [0, 0.05) is 45.1 Å². The van der Waals surface area contributed by atoms with Crippen LogP contribution < -0.4 is 10.1 Å². The number of piperazine rings is 1. The van der Waals surface area contributed by atoms with Gasteiger partial charge >= 0.3 is 6.18 Å². The lowest BCUT2D eigenvalue weighted by Gasteiger charge is -2.35. The van der Waals surface area contributed by atoms with E-state index < -0.39 is 12.6 Å². The number of fused-ring (bicyclic) bond motifs is 1. The fourth-order valence-corrected chi connectivity index (χ4v) is 3.27. The molecule has 0 aliphatic carbocycles. The van der Waals surface area contributed by atoms with Crippen LogP contribution in [0, 0.1) is 0 Å². The van der Waals surface area contributed by atoms with Crippen LogP contribution in [0.15, 0.2) is 18.2 Å². The zero-order valence-corrected chi connectivity index (χ0v) is 13.7. The van der Waals surface area contributed by atoms with Crippen molar-refractivity contribution < 1.29 is 17.9 Å². The van der Waals surface area contributed by atoms with Gasteiger partial charge in [-0.2, -0.15) is 13.2 Å². The lowest BCUT2D eigenvalue weighted by Crippen LogP contribution is -2.45. The molecule has 0 unspecified atom stereocenters. The third kappa shape index (κ3) is 4.75. The summed E-state index contributed by atoms with van der Waals surface area (Å²) >= 11 is 0. The Morgan fingerprint density at radius 2 is 1.96 bits per heavy atom. The predicted molar refractivity (Wildman–Crippen MR) is 85.4 cm³/mol. The van der Waals surface area contributed by atoms with Crippen LogP contribution in [0.4, 0.5) is 13.2 Å². The molecular formula is C16H22ClF3N2O. The third-order valence-corrected chi connectivity index (χ3v) is 4.39. The van der Waals surface area contributed by atoms with Gasteiger partial charge in [-0.3, -0.25) is 4.90 Å². The van der Waals surface area contributed by atoms with Crippen LogP contribution in [0.3, 0.4) is 0 Å². The van der Waals surface area contributed by atoms with E-state index in [4.69, 9.17) is 4.74 Å². The normalized spacial score (nSPS) is 19.6. The lowest BCUT2D eigenvalue weighted by molar-refractivity contribution is -0.138. The molecule has 1 fully saturated rings. The predicted octanol–water partition coefficient (Wildman–Crippen LogP) is 3.33. The van der Waals surface area contributed by atoms with Gasteiger partial charge in [-0.25, -0.2) is 0 Å². The van der Waals surface area contributed by atoms with Gasteiger partial charge in [0.2, 0.25) is 0 Å². The molecule has 1 aromatic carbocycles. The van der Waals surface area contributed by atoms with Gasteiger partial charge < -0.3 is 10.1 Å². The quantitative estimate of drug-likeness (QED) is 0.901. The molecule has 1 aromatic rings. The molecule has 3 nitrogen and oxygen atoms in total. The van der Waals surface area contributed by atoms with Gasteiger partial charge in [-0.1, -0.05) is 12.1 Å². The summed E-state index contributed by atoms with van der Waals surface area (Å²) in [5.41, 5.74) is 2.10. The molecule has 1 saturated heterocycles. The van der Waals surface area contributed by atoms with Crippen molar-refractivity contribution >= 4 is 12.4 Å². The van der Waals surface area contributed by atoms with Crippen LogP contribution in [0.2, 0.25) is 0 Å². The number of alkyl halides is 3. The first kappa shape index (κ1) is 18.4. The maximum absolute atomic E-state index is 12.7. The highest BCUT2D eigenvalue weighted by Crippen LogP contribution is 2.35. The molecule has 2 aliphatic rings. The molecule has 0 aromatic heterocycles. The fraction of sp³-hybridized carbons (Fsp3) is 0.625. The Morgan fingerprint density at radius 1 is 1.22 bits per heavy atom. The van der Waals surface area contributed by atoms with Crippen molar-refractivity contribution in [1.82, 2.24) is 10.2 Å². The Balaban J connectivity index is 0.00000192. The second-order valence-electron chi connectivity index (χ2n) is 5.92. The Labute approximate surface area is 140 Å². The number of nitrogens with zero attached hydrogens (tertiary/aromatic N) is 1. The minimum absolute atomic E-state index is 0. The molecule has 0 radical (unpaired) electrons. The summed E-state index contributed by atoms with van der Waals surface area (Å²) in [6.45, 7) is 3.90. The largest absolute Gasteiger partial charge is 0.493 e. The van der Waals surface area contributed by atoms with Crippen molar-refractivity contribution in [2.24, 2.45) is 0 Å². The van der Waals surface area contributed by atoms with Crippen molar-refractivity contribution in [2.45, 2.75) is 31.5 Å². The van der Waals surface area contributed by atoms with Crippen molar-refractivity contribution in [3.8, 4) is 5.75 Å². The van der Waals surface area contributed by atoms with Crippen molar-refractivity contribution in [2.75, 3.05) is 32.8 Å². The summed E-state index contributed by atoms with van der Waals surface area (Å²) in [7, 11) is 0. The smallest absolute Gasteiger partial charge is 0.389 e. The van der Waals surface area contributed by atoms with E-state index in [9.17, 15) is 13.2 Å². The van der Waals surface area contributed by atoms with Crippen molar-refractivity contribution in [1.29, 1.82) is 0 Å². The highest BCUT2D eigenvalue weighted by molar-refractivity contribution is 5.85. The van der Waals surface area contributed by atoms with E-state index in [-0.39, 0.29) is 24.9 Å². The molecule has 7 heteroatoms. The first-order valence-corrected chi connectivity index (χ1v) is 7.80. The second-order valence-corrected chi connectivity index (χ2v) is 5.92. The molecule has 1 N–H and O–H groups in total. The summed E-state index contributed by atoms with van der Waals surface area (Å²) in [6.07, 6.45) is -3.89. The topological polar surface area (TPSA) is 24.5 Å². The van der Waals surface area contributed by atoms with Crippen LogP contribution in [0.25, 0.3) is 0 Å². The molecule has 3 rings (SSSR count). The summed E-state index contributed by atoms with van der Waals surface area (Å²) in [5.74, 6) is 0.874. The Morgan fingerprint density at radius 3 is 2.65 bits per heavy atom. The van der Waals surface area contributed by atoms with E-state index in [2.05, 4.69) is 10.2 Å². The number of ether oxygens (including phenoxy) is 1. The van der Waals surface area contributed by atoms with E-state index in [1.807, 2.05) is 18.2 Å². The average Bonchev–Trinajstić information content (AvgIpc) is 2.95. The maximum atomic E-state index is 12.7. The van der Waals surface area contributed by atoms with E-state index in [0.29, 0.717) is 6.61 Å². The zero-order chi connectivity index (χ0) is 15.6. The highest BCUT2D eigenvalue weighted by atomic mass is 35.5. The molecule has 1 atom stereocenters. The third-order valence-electron chi connectivity index (χ3n) is 4.39. The van der Waals surface area contributed by atoms with E-state index in [1.54, 1.807) is 0 Å². The SMILES string of the molecule is Cl.FC(F)(F)CC[C@@H](c1ccc2c(c1)CCO2)N1CCNCC1. The molecule has 0 spiro atoms. The van der Waals surface area contributed by atoms with Gasteiger partial charge in [0.25, 0.3) is 0 Å². The Hall–Kier alpha value is -0.980. The van der Waals surface area contributed by atoms with Gasteiger partial charge in [0.1, 0.15) is 5.75 Å². The van der Waals surface area contributed by atoms with Gasteiger partial charge in [-0.05, 0) is 23.6 Å². The Kier molecular flexibility index (Phi) is 6.17. The molecular weight excluding hydrogens is 329 g/mol. The van der Waals surface area contributed by atoms with Crippen molar-refractivity contribution in [3.63, 3.8) is 0 Å². The van der Waals surface area contributed by atoms with Gasteiger partial charge in [0.15, 0.2) is 0 Å². The number of hydrogen-bond acceptors (Lipinski definition) is 3. The first-order valence-electron chi connectivity index (χ1n) is 7.80. The standard InChI is InChI=1S/C16H21F3N2O.ClH/c17-16(18,19)5-3-14(21-8-6-20-7-9-21)12-1-2-15-13(11-12)4-10-22-15;/h1-2,11,14,20H,3-10H2;1H/t14-;/m0./s1. The summed E-state index contributed by atoms with van der Waals surface area (Å²) in [6, 6.07) is 5.69. The van der Waals surface area contributed by atoms with E-state index in [0.717, 1.165) is 49.5 Å². The molecule has 0 amide bonds. The van der Waals surface area contributed by atoms with Crippen molar-refractivity contribution in [3.05, 3.63) is 29.3 Å². The number of benzene rings is 1. The Bertz CT molecular complexity index is 519. The molecule has 0 saturated carbocycles. The van der Waals surface area contributed by atoms with Gasteiger partial charge in [0.05, 0.1) is 6.61 Å². The first-order chi connectivity index (χ1) is 10.5. The highest BCUT2D eigenvalue weighted by Gasteiger charge is 2.31. The molecule has 2 heterocycles. The number of halogens is 4. The van der Waals surface area contributed by atoms with E-state index in [1.165, 1.54) is 0 Å². The fourth-order valence-electron chi connectivity index (χ4n) is 3.27. The summed E-state index contributed by atoms with van der Waals surface area (Å²) < 4.78 is 43.5. The monoisotopic (exact) mass is 350 g/mol.